The van der Waals surface area contributed by atoms with Crippen molar-refractivity contribution >= 4 is 29.2 Å². The molecule has 22 heavy (non-hydrogen) atoms. The molecule has 1 aromatic carbocycles. The third-order valence-electron chi connectivity index (χ3n) is 3.82. The fraction of sp³-hybridized carbons (Fsp3) is 0.467. The van der Waals surface area contributed by atoms with Gasteiger partial charge in [-0.25, -0.2) is 4.79 Å². The Balaban J connectivity index is 1.85. The Labute approximate surface area is 133 Å². The molecule has 1 fully saturated rings. The number of aliphatic carboxylic acids is 1. The van der Waals surface area contributed by atoms with Crippen molar-refractivity contribution in [2.75, 3.05) is 19.0 Å². The monoisotopic (exact) mass is 326 g/mol. The molecular formula is C15H19ClN2O4. The molecule has 0 aliphatic heterocycles. The van der Waals surface area contributed by atoms with Crippen LogP contribution in [0.25, 0.3) is 0 Å². The number of rotatable bonds is 7. The highest BCUT2D eigenvalue weighted by Crippen LogP contribution is 2.32. The lowest BCUT2D eigenvalue weighted by molar-refractivity contribution is -0.151. The zero-order valence-electron chi connectivity index (χ0n) is 12.3. The summed E-state index contributed by atoms with van der Waals surface area (Å²) < 4.78 is 5.20. The fourth-order valence-corrected chi connectivity index (χ4v) is 2.55. The molecule has 2 rings (SSSR count). The molecule has 1 aliphatic rings. The number of ether oxygens (including phenoxy) is 1. The van der Waals surface area contributed by atoms with Crippen LogP contribution in [-0.2, 0) is 9.59 Å². The van der Waals surface area contributed by atoms with Gasteiger partial charge in [-0.15, -0.1) is 0 Å². The largest absolute Gasteiger partial charge is 0.495 e. The number of carbonyl (C=O) groups excluding carboxylic acids is 1. The average molecular weight is 327 g/mol. The second kappa shape index (κ2) is 6.87. The van der Waals surface area contributed by atoms with Gasteiger partial charge in [-0.1, -0.05) is 11.6 Å². The number of halogens is 1. The number of amides is 1. The number of hydrogen-bond acceptors (Lipinski definition) is 4. The molecule has 120 valence electrons. The van der Waals surface area contributed by atoms with Crippen LogP contribution in [0.1, 0.15) is 25.7 Å². The summed E-state index contributed by atoms with van der Waals surface area (Å²) in [5.74, 6) is -0.613. The molecule has 0 aromatic heterocycles. The van der Waals surface area contributed by atoms with Crippen molar-refractivity contribution in [2.45, 2.75) is 31.2 Å². The van der Waals surface area contributed by atoms with Crippen LogP contribution in [0.4, 0.5) is 5.69 Å². The third-order valence-corrected chi connectivity index (χ3v) is 4.06. The highest BCUT2D eigenvalue weighted by atomic mass is 35.5. The maximum Gasteiger partial charge on any atom is 0.329 e. The molecule has 6 nitrogen and oxygen atoms in total. The summed E-state index contributed by atoms with van der Waals surface area (Å²) in [5, 5.41) is 15.4. The number of benzene rings is 1. The Hall–Kier alpha value is -1.95. The van der Waals surface area contributed by atoms with Crippen molar-refractivity contribution in [2.24, 2.45) is 0 Å². The number of nitrogens with one attached hydrogen (secondary N) is 2. The van der Waals surface area contributed by atoms with Gasteiger partial charge in [-0.05, 0) is 37.5 Å². The SMILES string of the molecule is COc1ccc(Cl)cc1NCCC(=O)NC1(C(=O)O)CCC1. The Kier molecular flexibility index (Phi) is 5.13. The van der Waals surface area contributed by atoms with E-state index in [1.165, 1.54) is 0 Å². The molecule has 0 heterocycles. The van der Waals surface area contributed by atoms with E-state index in [1.807, 2.05) is 0 Å². The Morgan fingerprint density at radius 3 is 2.68 bits per heavy atom. The summed E-state index contributed by atoms with van der Waals surface area (Å²) in [6.07, 6.45) is 1.97. The maximum absolute atomic E-state index is 11.9. The molecule has 0 bridgehead atoms. The lowest BCUT2D eigenvalue weighted by Crippen LogP contribution is -2.59. The number of hydrogen-bond donors (Lipinski definition) is 3. The Bertz CT molecular complexity index is 573. The summed E-state index contributed by atoms with van der Waals surface area (Å²) >= 11 is 5.92. The lowest BCUT2D eigenvalue weighted by Gasteiger charge is -2.38. The summed E-state index contributed by atoms with van der Waals surface area (Å²) in [6, 6.07) is 5.16. The standard InChI is InChI=1S/C15H19ClN2O4/c1-22-12-4-3-10(16)9-11(12)17-8-5-13(19)18-15(14(20)21)6-2-7-15/h3-4,9,17H,2,5-8H2,1H3,(H,18,19)(H,20,21). The summed E-state index contributed by atoms with van der Waals surface area (Å²) in [6.45, 7) is 0.359. The first-order valence-corrected chi connectivity index (χ1v) is 7.46. The zero-order valence-corrected chi connectivity index (χ0v) is 13.1. The molecule has 0 spiro atoms. The van der Waals surface area contributed by atoms with Crippen molar-refractivity contribution in [1.29, 1.82) is 0 Å². The van der Waals surface area contributed by atoms with Gasteiger partial charge in [0.15, 0.2) is 0 Å². The zero-order chi connectivity index (χ0) is 16.2. The molecular weight excluding hydrogens is 308 g/mol. The van der Waals surface area contributed by atoms with E-state index in [9.17, 15) is 14.7 Å². The number of carbonyl (C=O) groups is 2. The molecule has 1 aromatic rings. The van der Waals surface area contributed by atoms with E-state index in [0.29, 0.717) is 35.8 Å². The minimum absolute atomic E-state index is 0.171. The number of carboxylic acid groups (broad SMARTS) is 1. The second-order valence-corrected chi connectivity index (χ2v) is 5.75. The van der Waals surface area contributed by atoms with Gasteiger partial charge in [-0.3, -0.25) is 4.79 Å². The van der Waals surface area contributed by atoms with E-state index in [4.69, 9.17) is 16.3 Å². The first-order chi connectivity index (χ1) is 10.5. The second-order valence-electron chi connectivity index (χ2n) is 5.31. The van der Waals surface area contributed by atoms with Crippen molar-refractivity contribution in [3.8, 4) is 5.75 Å². The Morgan fingerprint density at radius 2 is 2.14 bits per heavy atom. The van der Waals surface area contributed by atoms with Crippen LogP contribution in [0.3, 0.4) is 0 Å². The van der Waals surface area contributed by atoms with E-state index in [2.05, 4.69) is 10.6 Å². The van der Waals surface area contributed by atoms with Gasteiger partial charge >= 0.3 is 5.97 Å². The van der Waals surface area contributed by atoms with Gasteiger partial charge in [0.05, 0.1) is 12.8 Å². The third kappa shape index (κ3) is 3.62. The topological polar surface area (TPSA) is 87.7 Å². The quantitative estimate of drug-likeness (QED) is 0.715. The first kappa shape index (κ1) is 16.4. The van der Waals surface area contributed by atoms with Gasteiger partial charge in [0.25, 0.3) is 0 Å². The normalized spacial score (nSPS) is 15.5. The molecule has 0 atom stereocenters. The van der Waals surface area contributed by atoms with Crippen LogP contribution in [0, 0.1) is 0 Å². The van der Waals surface area contributed by atoms with Crippen LogP contribution in [0.5, 0.6) is 5.75 Å². The molecule has 1 amide bonds. The Morgan fingerprint density at radius 1 is 1.41 bits per heavy atom. The van der Waals surface area contributed by atoms with E-state index in [-0.39, 0.29) is 12.3 Å². The van der Waals surface area contributed by atoms with Gasteiger partial charge < -0.3 is 20.5 Å². The maximum atomic E-state index is 11.9. The molecule has 1 aliphatic carbocycles. The summed E-state index contributed by atoms with van der Waals surface area (Å²) in [5.41, 5.74) is -0.371. The van der Waals surface area contributed by atoms with Crippen molar-refractivity contribution in [3.05, 3.63) is 23.2 Å². The van der Waals surface area contributed by atoms with Crippen LogP contribution < -0.4 is 15.4 Å². The lowest BCUT2D eigenvalue weighted by atomic mass is 9.76. The van der Waals surface area contributed by atoms with Gasteiger partial charge in [0.2, 0.25) is 5.91 Å². The number of anilines is 1. The van der Waals surface area contributed by atoms with Gasteiger partial charge in [-0.2, -0.15) is 0 Å². The highest BCUT2D eigenvalue weighted by molar-refractivity contribution is 6.30. The molecule has 0 unspecified atom stereocenters. The number of carboxylic acids is 1. The van der Waals surface area contributed by atoms with Gasteiger partial charge in [0, 0.05) is 18.0 Å². The molecule has 3 N–H and O–H groups in total. The first-order valence-electron chi connectivity index (χ1n) is 7.09. The van der Waals surface area contributed by atoms with Crippen LogP contribution in [0.2, 0.25) is 5.02 Å². The highest BCUT2D eigenvalue weighted by Gasteiger charge is 2.45. The minimum atomic E-state index is -1.06. The fourth-order valence-electron chi connectivity index (χ4n) is 2.38. The van der Waals surface area contributed by atoms with Crippen molar-refractivity contribution in [1.82, 2.24) is 5.32 Å². The summed E-state index contributed by atoms with van der Waals surface area (Å²) in [4.78, 5) is 23.1. The van der Waals surface area contributed by atoms with Crippen molar-refractivity contribution in [3.63, 3.8) is 0 Å². The van der Waals surface area contributed by atoms with E-state index in [1.54, 1.807) is 25.3 Å². The molecule has 1 saturated carbocycles. The molecule has 0 saturated heterocycles. The minimum Gasteiger partial charge on any atom is -0.495 e. The molecule has 0 radical (unpaired) electrons. The summed E-state index contributed by atoms with van der Waals surface area (Å²) in [7, 11) is 1.55. The van der Waals surface area contributed by atoms with Crippen molar-refractivity contribution < 1.29 is 19.4 Å². The predicted octanol–water partition coefficient (Wildman–Crippen LogP) is 2.27. The predicted molar refractivity (Wildman–Crippen MR) is 83.5 cm³/mol. The van der Waals surface area contributed by atoms with E-state index >= 15 is 0 Å². The van der Waals surface area contributed by atoms with Crippen LogP contribution in [-0.4, -0.2) is 36.2 Å². The van der Waals surface area contributed by atoms with E-state index < -0.39 is 11.5 Å². The number of methoxy groups -OCH3 is 1. The average Bonchev–Trinajstić information content (AvgIpc) is 2.42. The van der Waals surface area contributed by atoms with Crippen LogP contribution in [0.15, 0.2) is 18.2 Å². The van der Waals surface area contributed by atoms with E-state index in [0.717, 1.165) is 6.42 Å². The smallest absolute Gasteiger partial charge is 0.329 e. The molecule has 7 heteroatoms. The van der Waals surface area contributed by atoms with Crippen LogP contribution >= 0.6 is 11.6 Å². The van der Waals surface area contributed by atoms with Gasteiger partial charge in [0.1, 0.15) is 11.3 Å².